The summed E-state index contributed by atoms with van der Waals surface area (Å²) in [7, 11) is 0. The fraction of sp³-hybridized carbons (Fsp3) is 0.276. The van der Waals surface area contributed by atoms with E-state index >= 15 is 0 Å². The monoisotopic (exact) mass is 457 g/mol. The molecule has 1 fully saturated rings. The number of halogens is 2. The fourth-order valence-corrected chi connectivity index (χ4v) is 5.97. The molecule has 1 amide bonds. The zero-order chi connectivity index (χ0) is 23.2. The maximum Gasteiger partial charge on any atom is 0.410 e. The predicted octanol–water partition coefficient (Wildman–Crippen LogP) is 6.92. The van der Waals surface area contributed by atoms with Gasteiger partial charge in [-0.15, -0.1) is 0 Å². The Balaban J connectivity index is 1.24. The summed E-state index contributed by atoms with van der Waals surface area (Å²) in [5, 5.41) is 0. The first-order valence-corrected chi connectivity index (χ1v) is 11.9. The van der Waals surface area contributed by atoms with Crippen LogP contribution in [0.1, 0.15) is 48.3 Å². The van der Waals surface area contributed by atoms with Crippen molar-refractivity contribution in [3.05, 3.63) is 101 Å². The van der Waals surface area contributed by atoms with Crippen molar-refractivity contribution in [2.75, 3.05) is 6.61 Å². The number of piperidine rings is 1. The molecule has 0 N–H and O–H groups in total. The quantitative estimate of drug-likeness (QED) is 0.427. The number of fused-ring (bicyclic) bond motifs is 5. The van der Waals surface area contributed by atoms with E-state index < -0.39 is 11.6 Å². The second-order valence-corrected chi connectivity index (χ2v) is 9.36. The van der Waals surface area contributed by atoms with Gasteiger partial charge in [0, 0.05) is 17.5 Å². The second-order valence-electron chi connectivity index (χ2n) is 9.36. The molecule has 34 heavy (non-hydrogen) atoms. The first-order valence-electron chi connectivity index (χ1n) is 11.9. The van der Waals surface area contributed by atoms with Crippen LogP contribution in [0, 0.1) is 11.6 Å². The summed E-state index contributed by atoms with van der Waals surface area (Å²) in [6.07, 6.45) is 4.48. The van der Waals surface area contributed by atoms with Gasteiger partial charge in [-0.3, -0.25) is 4.90 Å². The Morgan fingerprint density at radius 2 is 1.53 bits per heavy atom. The van der Waals surface area contributed by atoms with Gasteiger partial charge in [0.25, 0.3) is 0 Å². The number of hydrogen-bond acceptors (Lipinski definition) is 2. The van der Waals surface area contributed by atoms with Gasteiger partial charge < -0.3 is 4.74 Å². The molecule has 0 saturated carbocycles. The molecule has 2 unspecified atom stereocenters. The normalized spacial score (nSPS) is 21.0. The van der Waals surface area contributed by atoms with Crippen molar-refractivity contribution in [1.82, 2.24) is 4.90 Å². The van der Waals surface area contributed by atoms with Crippen molar-refractivity contribution in [3.63, 3.8) is 0 Å². The summed E-state index contributed by atoms with van der Waals surface area (Å²) in [5.74, 6) is -1.11. The summed E-state index contributed by atoms with van der Waals surface area (Å²) in [6.45, 7) is 0.265. The minimum atomic E-state index is -0.557. The molecule has 2 heterocycles. The van der Waals surface area contributed by atoms with E-state index in [0.717, 1.165) is 19.3 Å². The van der Waals surface area contributed by atoms with Crippen LogP contribution in [-0.2, 0) is 4.74 Å². The van der Waals surface area contributed by atoms with E-state index in [0.29, 0.717) is 12.0 Å². The Hall–Kier alpha value is -3.47. The molecule has 3 aromatic rings. The van der Waals surface area contributed by atoms with Crippen LogP contribution in [0.5, 0.6) is 0 Å². The third kappa shape index (κ3) is 3.42. The fourth-order valence-electron chi connectivity index (χ4n) is 5.97. The molecule has 3 aromatic carbocycles. The van der Waals surface area contributed by atoms with Crippen molar-refractivity contribution in [2.45, 2.75) is 43.7 Å². The minimum Gasteiger partial charge on any atom is -0.448 e. The molecule has 3 aliphatic rings. The number of amides is 1. The van der Waals surface area contributed by atoms with Crippen LogP contribution in [0.3, 0.4) is 0 Å². The minimum absolute atomic E-state index is 0.000375. The number of benzene rings is 3. The molecular weight excluding hydrogens is 432 g/mol. The van der Waals surface area contributed by atoms with E-state index in [1.54, 1.807) is 4.90 Å². The van der Waals surface area contributed by atoms with E-state index in [1.165, 1.54) is 40.5 Å². The molecule has 2 atom stereocenters. The molecular formula is C29H25F2NO2. The van der Waals surface area contributed by atoms with E-state index in [4.69, 9.17) is 4.74 Å². The lowest BCUT2D eigenvalue weighted by molar-refractivity contribution is 0.0538. The Morgan fingerprint density at radius 1 is 0.882 bits per heavy atom. The summed E-state index contributed by atoms with van der Waals surface area (Å²) in [5.41, 5.74) is 5.40. The zero-order valence-electron chi connectivity index (χ0n) is 18.7. The number of ether oxygens (including phenoxy) is 1. The van der Waals surface area contributed by atoms with Crippen LogP contribution < -0.4 is 0 Å². The Bertz CT molecular complexity index is 1240. The third-order valence-electron chi connectivity index (χ3n) is 7.47. The Morgan fingerprint density at radius 3 is 2.18 bits per heavy atom. The summed E-state index contributed by atoms with van der Waals surface area (Å²) in [6, 6.07) is 20.1. The highest BCUT2D eigenvalue weighted by atomic mass is 19.1. The van der Waals surface area contributed by atoms with Gasteiger partial charge in [0.2, 0.25) is 0 Å². The van der Waals surface area contributed by atoms with Gasteiger partial charge in [-0.05, 0) is 65.6 Å². The van der Waals surface area contributed by atoms with Crippen molar-refractivity contribution < 1.29 is 18.3 Å². The highest BCUT2D eigenvalue weighted by Gasteiger charge is 2.40. The number of carbonyl (C=O) groups is 1. The van der Waals surface area contributed by atoms with Gasteiger partial charge in [0.15, 0.2) is 0 Å². The molecule has 2 bridgehead atoms. The lowest BCUT2D eigenvalue weighted by Crippen LogP contribution is -2.52. The highest BCUT2D eigenvalue weighted by Crippen LogP contribution is 2.45. The first kappa shape index (κ1) is 21.1. The SMILES string of the molecule is O=C(OCC1c2ccccc2-c2ccccc21)N1C2C=C(c3c(F)cccc3F)CC1CCC2. The molecule has 1 aliphatic carbocycles. The van der Waals surface area contributed by atoms with E-state index in [2.05, 4.69) is 24.3 Å². The molecule has 0 spiro atoms. The summed E-state index contributed by atoms with van der Waals surface area (Å²) < 4.78 is 34.7. The van der Waals surface area contributed by atoms with E-state index in [1.807, 2.05) is 30.3 Å². The number of rotatable bonds is 3. The first-order chi connectivity index (χ1) is 16.6. The molecule has 172 valence electrons. The molecule has 0 radical (unpaired) electrons. The van der Waals surface area contributed by atoms with Crippen LogP contribution >= 0.6 is 0 Å². The van der Waals surface area contributed by atoms with Crippen molar-refractivity contribution in [3.8, 4) is 11.1 Å². The molecule has 6 rings (SSSR count). The van der Waals surface area contributed by atoms with Crippen molar-refractivity contribution in [2.24, 2.45) is 0 Å². The third-order valence-corrected chi connectivity index (χ3v) is 7.47. The van der Waals surface area contributed by atoms with Crippen LogP contribution in [0.2, 0.25) is 0 Å². The van der Waals surface area contributed by atoms with Gasteiger partial charge in [-0.2, -0.15) is 0 Å². The van der Waals surface area contributed by atoms with Gasteiger partial charge in [0.1, 0.15) is 18.2 Å². The average Bonchev–Trinajstić information content (AvgIpc) is 3.15. The topological polar surface area (TPSA) is 29.5 Å². The number of nitrogens with zero attached hydrogens (tertiary/aromatic N) is 1. The summed E-state index contributed by atoms with van der Waals surface area (Å²) >= 11 is 0. The second kappa shape index (κ2) is 8.39. The van der Waals surface area contributed by atoms with Crippen molar-refractivity contribution in [1.29, 1.82) is 0 Å². The van der Waals surface area contributed by atoms with Gasteiger partial charge in [-0.25, -0.2) is 13.6 Å². The predicted molar refractivity (Wildman–Crippen MR) is 127 cm³/mol. The molecule has 3 nitrogen and oxygen atoms in total. The molecule has 0 aromatic heterocycles. The lowest BCUT2D eigenvalue weighted by atomic mass is 9.83. The van der Waals surface area contributed by atoms with Crippen molar-refractivity contribution >= 4 is 11.7 Å². The molecule has 1 saturated heterocycles. The largest absolute Gasteiger partial charge is 0.448 e. The zero-order valence-corrected chi connectivity index (χ0v) is 18.7. The average molecular weight is 458 g/mol. The van der Waals surface area contributed by atoms with Gasteiger partial charge in [-0.1, -0.05) is 60.7 Å². The molecule has 5 heteroatoms. The van der Waals surface area contributed by atoms with E-state index in [9.17, 15) is 13.6 Å². The highest BCUT2D eigenvalue weighted by molar-refractivity contribution is 5.79. The van der Waals surface area contributed by atoms with Crippen LogP contribution in [-0.4, -0.2) is 29.7 Å². The number of carbonyl (C=O) groups excluding carboxylic acids is 1. The van der Waals surface area contributed by atoms with E-state index in [-0.39, 0.29) is 36.3 Å². The van der Waals surface area contributed by atoms with Crippen LogP contribution in [0.4, 0.5) is 13.6 Å². The molecule has 2 aliphatic heterocycles. The van der Waals surface area contributed by atoms with Crippen LogP contribution in [0.15, 0.2) is 72.8 Å². The maximum atomic E-state index is 14.4. The Kier molecular flexibility index (Phi) is 5.20. The smallest absolute Gasteiger partial charge is 0.410 e. The Labute approximate surface area is 197 Å². The van der Waals surface area contributed by atoms with Gasteiger partial charge >= 0.3 is 6.09 Å². The maximum absolute atomic E-state index is 14.4. The van der Waals surface area contributed by atoms with Crippen LogP contribution in [0.25, 0.3) is 16.7 Å². The lowest BCUT2D eigenvalue weighted by Gasteiger charge is -2.44. The summed E-state index contributed by atoms with van der Waals surface area (Å²) in [4.78, 5) is 15.1. The standard InChI is InChI=1S/C29H25F2NO2/c30-26-13-6-14-27(31)28(26)18-15-19-7-5-8-20(16-18)32(19)29(33)34-17-25-23-11-3-1-9-21(23)22-10-2-4-12-24(22)25/h1-4,6,9-15,19-20,25H,5,7-8,16-17H2. The number of hydrogen-bond donors (Lipinski definition) is 0. The van der Waals surface area contributed by atoms with Gasteiger partial charge in [0.05, 0.1) is 6.04 Å².